The summed E-state index contributed by atoms with van der Waals surface area (Å²) < 4.78 is 21.4. The molecule has 0 aromatic heterocycles. The summed E-state index contributed by atoms with van der Waals surface area (Å²) in [6.45, 7) is 5.80. The summed E-state index contributed by atoms with van der Waals surface area (Å²) in [5.41, 5.74) is 1.26. The Morgan fingerprint density at radius 2 is 1.97 bits per heavy atom. The fraction of sp³-hybridized carbons (Fsp3) is 0.455. The van der Waals surface area contributed by atoms with Crippen LogP contribution in [0.15, 0.2) is 24.3 Å². The number of carbonyl (C=O) groups excluding carboxylic acids is 2. The molecule has 0 fully saturated rings. The second kappa shape index (κ2) is 8.70. The maximum absolute atomic E-state index is 12.9. The van der Waals surface area contributed by atoms with Gasteiger partial charge in [0.05, 0.1) is 18.4 Å². The van der Waals surface area contributed by atoms with Crippen LogP contribution in [-0.4, -0.2) is 51.1 Å². The third kappa shape index (κ3) is 4.18. The number of alkyl halides is 1. The lowest BCUT2D eigenvalue weighted by atomic mass is 9.93. The van der Waals surface area contributed by atoms with Gasteiger partial charge in [-0.05, 0) is 37.8 Å². The van der Waals surface area contributed by atoms with E-state index >= 15 is 0 Å². The van der Waals surface area contributed by atoms with Crippen LogP contribution in [0.5, 0.6) is 5.75 Å². The molecule has 3 rings (SSSR count). The minimum absolute atomic E-state index is 0.0191. The molecule has 0 spiro atoms. The largest absolute Gasteiger partial charge is 0.467 e. The van der Waals surface area contributed by atoms with Crippen LogP contribution < -0.4 is 9.64 Å². The number of rotatable bonds is 5. The Morgan fingerprint density at radius 3 is 2.57 bits per heavy atom. The Labute approximate surface area is 180 Å². The van der Waals surface area contributed by atoms with Crippen molar-refractivity contribution in [1.29, 1.82) is 0 Å². The van der Waals surface area contributed by atoms with Gasteiger partial charge in [-0.2, -0.15) is 0 Å². The number of ether oxygens (including phenoxy) is 4. The number of fused-ring (bicyclic) bond motifs is 3. The molecule has 1 aliphatic heterocycles. The van der Waals surface area contributed by atoms with E-state index in [0.29, 0.717) is 34.8 Å². The van der Waals surface area contributed by atoms with E-state index in [0.717, 1.165) is 10.9 Å². The summed E-state index contributed by atoms with van der Waals surface area (Å²) in [7, 11) is 2.84. The quantitative estimate of drug-likeness (QED) is 0.385. The SMILES string of the molecule is COCOc1cc2c(c3cccc(C(=O)OC)c13)[C@H](CCl)CN2C(=O)OC(C)(C)C. The van der Waals surface area contributed by atoms with E-state index < -0.39 is 17.7 Å². The molecule has 162 valence electrons. The van der Waals surface area contributed by atoms with Crippen molar-refractivity contribution in [3.63, 3.8) is 0 Å². The Balaban J connectivity index is 2.25. The van der Waals surface area contributed by atoms with Gasteiger partial charge in [0.2, 0.25) is 0 Å². The lowest BCUT2D eigenvalue weighted by molar-refractivity contribution is 0.0517. The van der Waals surface area contributed by atoms with Crippen molar-refractivity contribution in [2.24, 2.45) is 0 Å². The van der Waals surface area contributed by atoms with Gasteiger partial charge >= 0.3 is 12.1 Å². The number of carbonyl (C=O) groups is 2. The monoisotopic (exact) mass is 435 g/mol. The van der Waals surface area contributed by atoms with Gasteiger partial charge in [-0.15, -0.1) is 11.6 Å². The van der Waals surface area contributed by atoms with Crippen molar-refractivity contribution in [3.8, 4) is 5.75 Å². The van der Waals surface area contributed by atoms with Gasteiger partial charge < -0.3 is 18.9 Å². The van der Waals surface area contributed by atoms with Gasteiger partial charge in [-0.25, -0.2) is 9.59 Å². The molecule has 0 N–H and O–H groups in total. The smallest absolute Gasteiger partial charge is 0.414 e. The fourth-order valence-electron chi connectivity index (χ4n) is 3.65. The fourth-order valence-corrected chi connectivity index (χ4v) is 3.90. The molecule has 1 heterocycles. The Hall–Kier alpha value is -2.51. The van der Waals surface area contributed by atoms with Gasteiger partial charge in [0.25, 0.3) is 0 Å². The van der Waals surface area contributed by atoms with Crippen molar-refractivity contribution < 1.29 is 28.5 Å². The van der Waals surface area contributed by atoms with Crippen molar-refractivity contribution in [1.82, 2.24) is 0 Å². The van der Waals surface area contributed by atoms with Crippen molar-refractivity contribution in [2.75, 3.05) is 38.3 Å². The van der Waals surface area contributed by atoms with Gasteiger partial charge in [0.1, 0.15) is 11.4 Å². The zero-order valence-electron chi connectivity index (χ0n) is 17.8. The highest BCUT2D eigenvalue weighted by Crippen LogP contribution is 2.47. The molecule has 1 atom stereocenters. The summed E-state index contributed by atoms with van der Waals surface area (Å²) in [5, 5.41) is 1.37. The van der Waals surface area contributed by atoms with E-state index in [4.69, 9.17) is 30.5 Å². The van der Waals surface area contributed by atoms with Crippen molar-refractivity contribution >= 4 is 40.1 Å². The molecule has 8 heteroatoms. The molecule has 0 saturated carbocycles. The molecule has 0 bridgehead atoms. The molecular formula is C22H26ClNO6. The average molecular weight is 436 g/mol. The van der Waals surface area contributed by atoms with Crippen LogP contribution in [0.3, 0.4) is 0 Å². The van der Waals surface area contributed by atoms with Crippen LogP contribution in [0.2, 0.25) is 0 Å². The number of benzene rings is 2. The van der Waals surface area contributed by atoms with E-state index in [9.17, 15) is 9.59 Å². The number of nitrogens with zero attached hydrogens (tertiary/aromatic N) is 1. The molecule has 7 nitrogen and oxygen atoms in total. The molecule has 30 heavy (non-hydrogen) atoms. The summed E-state index contributed by atoms with van der Waals surface area (Å²) in [6, 6.07) is 7.07. The normalized spacial score (nSPS) is 15.8. The van der Waals surface area contributed by atoms with Crippen molar-refractivity contribution in [3.05, 3.63) is 35.4 Å². The van der Waals surface area contributed by atoms with Crippen LogP contribution in [-0.2, 0) is 14.2 Å². The maximum Gasteiger partial charge on any atom is 0.414 e. The topological polar surface area (TPSA) is 74.3 Å². The number of methoxy groups -OCH3 is 2. The number of amides is 1. The zero-order valence-corrected chi connectivity index (χ0v) is 18.5. The van der Waals surface area contributed by atoms with Gasteiger partial charge in [0, 0.05) is 36.9 Å². The van der Waals surface area contributed by atoms with Crippen molar-refractivity contribution in [2.45, 2.75) is 32.3 Å². The van der Waals surface area contributed by atoms with Gasteiger partial charge in [-0.1, -0.05) is 12.1 Å². The predicted octanol–water partition coefficient (Wildman–Crippen LogP) is 4.69. The second-order valence-corrected chi connectivity index (χ2v) is 8.33. The molecule has 0 unspecified atom stereocenters. The first-order valence-electron chi connectivity index (χ1n) is 9.58. The van der Waals surface area contributed by atoms with E-state index in [1.165, 1.54) is 14.2 Å². The number of anilines is 1. The predicted molar refractivity (Wildman–Crippen MR) is 115 cm³/mol. The Bertz CT molecular complexity index is 968. The minimum Gasteiger partial charge on any atom is -0.467 e. The first kappa shape index (κ1) is 22.2. The average Bonchev–Trinajstić information content (AvgIpc) is 3.08. The van der Waals surface area contributed by atoms with E-state index in [1.54, 1.807) is 23.1 Å². The summed E-state index contributed by atoms with van der Waals surface area (Å²) in [4.78, 5) is 26.9. The van der Waals surface area contributed by atoms with Crippen LogP contribution in [0.4, 0.5) is 10.5 Å². The third-order valence-corrected chi connectivity index (χ3v) is 5.16. The van der Waals surface area contributed by atoms with Crippen LogP contribution >= 0.6 is 11.6 Å². The highest BCUT2D eigenvalue weighted by molar-refractivity contribution is 6.19. The van der Waals surface area contributed by atoms with Crippen LogP contribution in [0.1, 0.15) is 42.6 Å². The first-order chi connectivity index (χ1) is 14.2. The van der Waals surface area contributed by atoms with E-state index in [1.807, 2.05) is 26.8 Å². The Kier molecular flexibility index (Phi) is 6.43. The lowest BCUT2D eigenvalue weighted by Gasteiger charge is -2.25. The number of hydrogen-bond donors (Lipinski definition) is 0. The highest BCUT2D eigenvalue weighted by Gasteiger charge is 2.37. The third-order valence-electron chi connectivity index (χ3n) is 4.78. The summed E-state index contributed by atoms with van der Waals surface area (Å²) >= 11 is 6.27. The standard InChI is InChI=1S/C22H26ClNO6/c1-22(2,3)30-21(26)24-11-13(10-23)18-14-7-6-8-15(20(25)28-5)19(14)17(9-16(18)24)29-12-27-4/h6-9,13H,10-12H2,1-5H3/t13-/m1/s1. The van der Waals surface area contributed by atoms with E-state index in [2.05, 4.69) is 0 Å². The van der Waals surface area contributed by atoms with Crippen LogP contribution in [0.25, 0.3) is 10.8 Å². The number of halogens is 1. The molecule has 1 amide bonds. The summed E-state index contributed by atoms with van der Waals surface area (Å²) in [6.07, 6.45) is -0.461. The minimum atomic E-state index is -0.638. The molecule has 2 aromatic rings. The zero-order chi connectivity index (χ0) is 22.1. The number of hydrogen-bond acceptors (Lipinski definition) is 6. The lowest BCUT2D eigenvalue weighted by Crippen LogP contribution is -2.36. The summed E-state index contributed by atoms with van der Waals surface area (Å²) in [5.74, 6) is 0.117. The maximum atomic E-state index is 12.9. The molecular weight excluding hydrogens is 410 g/mol. The number of esters is 1. The van der Waals surface area contributed by atoms with Gasteiger partial charge in [-0.3, -0.25) is 4.90 Å². The molecule has 2 aromatic carbocycles. The second-order valence-electron chi connectivity index (χ2n) is 8.02. The highest BCUT2D eigenvalue weighted by atomic mass is 35.5. The molecule has 0 aliphatic carbocycles. The molecule has 0 radical (unpaired) electrons. The first-order valence-corrected chi connectivity index (χ1v) is 10.1. The van der Waals surface area contributed by atoms with E-state index in [-0.39, 0.29) is 12.7 Å². The van der Waals surface area contributed by atoms with Gasteiger partial charge in [0.15, 0.2) is 6.79 Å². The van der Waals surface area contributed by atoms with Crippen LogP contribution in [0, 0.1) is 0 Å². The Morgan fingerprint density at radius 1 is 1.23 bits per heavy atom. The molecule has 0 saturated heterocycles. The molecule has 1 aliphatic rings.